The summed E-state index contributed by atoms with van der Waals surface area (Å²) in [5.74, 6) is -0.985. The predicted octanol–water partition coefficient (Wildman–Crippen LogP) is 2.35. The lowest BCUT2D eigenvalue weighted by molar-refractivity contribution is 0.101. The van der Waals surface area contributed by atoms with Gasteiger partial charge in [0, 0.05) is 6.20 Å². The molecular formula is C11H8BrFN2O. The van der Waals surface area contributed by atoms with Gasteiger partial charge < -0.3 is 0 Å². The minimum atomic E-state index is -0.799. The van der Waals surface area contributed by atoms with Crippen molar-refractivity contribution in [2.24, 2.45) is 0 Å². The Hall–Kier alpha value is -1.28. The second-order valence-electron chi connectivity index (χ2n) is 3.77. The number of hydrogen-bond donors (Lipinski definition) is 0. The van der Waals surface area contributed by atoms with E-state index in [4.69, 9.17) is 5.26 Å². The lowest BCUT2D eigenvalue weighted by Crippen LogP contribution is -2.13. The number of pyridine rings is 1. The molecule has 0 saturated heterocycles. The highest BCUT2D eigenvalue weighted by atomic mass is 79.9. The number of rotatable bonds is 3. The van der Waals surface area contributed by atoms with E-state index in [9.17, 15) is 9.18 Å². The van der Waals surface area contributed by atoms with Crippen LogP contribution in [0.15, 0.2) is 12.3 Å². The first-order chi connectivity index (χ1) is 7.64. The van der Waals surface area contributed by atoms with Gasteiger partial charge in [0.2, 0.25) is 0 Å². The first kappa shape index (κ1) is 11.2. The van der Waals surface area contributed by atoms with E-state index in [1.165, 1.54) is 12.3 Å². The molecule has 0 bridgehead atoms. The number of halogens is 2. The van der Waals surface area contributed by atoms with E-state index in [1.807, 2.05) is 0 Å². The maximum Gasteiger partial charge on any atom is 0.176 e. The SMILES string of the molecule is N#CC1(c2nccc(C(=O)CBr)c2F)CC1. The van der Waals surface area contributed by atoms with Gasteiger partial charge in [-0.15, -0.1) is 0 Å². The smallest absolute Gasteiger partial charge is 0.176 e. The third kappa shape index (κ3) is 1.63. The molecule has 82 valence electrons. The van der Waals surface area contributed by atoms with Gasteiger partial charge >= 0.3 is 0 Å². The van der Waals surface area contributed by atoms with Crippen molar-refractivity contribution in [2.45, 2.75) is 18.3 Å². The Bertz CT molecular complexity index is 491. The van der Waals surface area contributed by atoms with Gasteiger partial charge in [0.25, 0.3) is 0 Å². The van der Waals surface area contributed by atoms with Crippen molar-refractivity contribution in [3.63, 3.8) is 0 Å². The summed E-state index contributed by atoms with van der Waals surface area (Å²) in [7, 11) is 0. The van der Waals surface area contributed by atoms with E-state index in [0.29, 0.717) is 12.8 Å². The van der Waals surface area contributed by atoms with E-state index in [0.717, 1.165) is 0 Å². The molecule has 1 saturated carbocycles. The minimum absolute atomic E-state index is 0.00315. The average Bonchev–Trinajstić information content (AvgIpc) is 3.09. The Labute approximate surface area is 100 Å². The fraction of sp³-hybridized carbons (Fsp3) is 0.364. The van der Waals surface area contributed by atoms with Gasteiger partial charge in [-0.2, -0.15) is 5.26 Å². The Morgan fingerprint density at radius 1 is 1.69 bits per heavy atom. The van der Waals surface area contributed by atoms with Gasteiger partial charge in [-0.05, 0) is 18.9 Å². The molecule has 0 unspecified atom stereocenters. The van der Waals surface area contributed by atoms with Crippen LogP contribution in [0.1, 0.15) is 28.9 Å². The summed E-state index contributed by atoms with van der Waals surface area (Å²) in [6.07, 6.45) is 2.60. The minimum Gasteiger partial charge on any atom is -0.293 e. The van der Waals surface area contributed by atoms with Crippen molar-refractivity contribution in [1.29, 1.82) is 5.26 Å². The number of nitriles is 1. The van der Waals surface area contributed by atoms with Crippen LogP contribution in [-0.2, 0) is 5.41 Å². The summed E-state index contributed by atoms with van der Waals surface area (Å²) >= 11 is 2.99. The molecule has 1 aromatic rings. The molecule has 0 aliphatic heterocycles. The lowest BCUT2D eigenvalue weighted by Gasteiger charge is -2.08. The number of hydrogen-bond acceptors (Lipinski definition) is 3. The second kappa shape index (κ2) is 3.95. The molecule has 0 spiro atoms. The zero-order valence-electron chi connectivity index (χ0n) is 8.33. The molecule has 0 aromatic carbocycles. The standard InChI is InChI=1S/C11H8BrFN2O/c12-5-8(16)7-1-4-15-10(9(7)13)11(6-14)2-3-11/h1,4H,2-3,5H2. The number of carbonyl (C=O) groups excluding carboxylic acids is 1. The quantitative estimate of drug-likeness (QED) is 0.632. The summed E-state index contributed by atoms with van der Waals surface area (Å²) in [5, 5.41) is 9.03. The van der Waals surface area contributed by atoms with Crippen molar-refractivity contribution >= 4 is 21.7 Å². The molecule has 0 amide bonds. The molecule has 0 radical (unpaired) electrons. The summed E-state index contributed by atoms with van der Waals surface area (Å²) in [6.45, 7) is 0. The van der Waals surface area contributed by atoms with E-state index >= 15 is 0 Å². The Balaban J connectivity index is 2.50. The molecule has 16 heavy (non-hydrogen) atoms. The van der Waals surface area contributed by atoms with Gasteiger partial charge in [0.15, 0.2) is 11.6 Å². The van der Waals surface area contributed by atoms with E-state index in [2.05, 4.69) is 27.0 Å². The average molecular weight is 283 g/mol. The Morgan fingerprint density at radius 2 is 2.38 bits per heavy atom. The summed E-state index contributed by atoms with van der Waals surface area (Å²) in [6, 6.07) is 3.41. The van der Waals surface area contributed by atoms with E-state index in [1.54, 1.807) is 0 Å². The molecule has 1 heterocycles. The van der Waals surface area contributed by atoms with Gasteiger partial charge in [-0.3, -0.25) is 9.78 Å². The predicted molar refractivity (Wildman–Crippen MR) is 58.8 cm³/mol. The lowest BCUT2D eigenvalue weighted by atomic mass is 10.0. The Kier molecular flexibility index (Phi) is 2.76. The fourth-order valence-electron chi connectivity index (χ4n) is 1.59. The van der Waals surface area contributed by atoms with Crippen LogP contribution in [0.3, 0.4) is 0 Å². The summed E-state index contributed by atoms with van der Waals surface area (Å²) in [5.41, 5.74) is -0.683. The second-order valence-corrected chi connectivity index (χ2v) is 4.33. The largest absolute Gasteiger partial charge is 0.293 e. The molecule has 0 N–H and O–H groups in total. The van der Waals surface area contributed by atoms with Crippen LogP contribution in [0.25, 0.3) is 0 Å². The highest BCUT2D eigenvalue weighted by Crippen LogP contribution is 2.47. The summed E-state index contributed by atoms with van der Waals surface area (Å²) < 4.78 is 14.0. The van der Waals surface area contributed by atoms with Crippen LogP contribution in [0.2, 0.25) is 0 Å². The van der Waals surface area contributed by atoms with Crippen molar-refractivity contribution in [3.8, 4) is 6.07 Å². The fourth-order valence-corrected chi connectivity index (χ4v) is 1.89. The van der Waals surface area contributed by atoms with Crippen LogP contribution >= 0.6 is 15.9 Å². The molecule has 5 heteroatoms. The van der Waals surface area contributed by atoms with E-state index in [-0.39, 0.29) is 22.4 Å². The van der Waals surface area contributed by atoms with Crippen molar-refractivity contribution in [3.05, 3.63) is 29.3 Å². The van der Waals surface area contributed by atoms with Gasteiger partial charge in [-0.1, -0.05) is 15.9 Å². The highest BCUT2D eigenvalue weighted by Gasteiger charge is 2.48. The van der Waals surface area contributed by atoms with E-state index < -0.39 is 11.2 Å². The third-order valence-electron chi connectivity index (χ3n) is 2.73. The summed E-state index contributed by atoms with van der Waals surface area (Å²) in [4.78, 5) is 15.3. The molecule has 1 aromatic heterocycles. The van der Waals surface area contributed by atoms with Crippen molar-refractivity contribution < 1.29 is 9.18 Å². The molecular weight excluding hydrogens is 275 g/mol. The molecule has 0 atom stereocenters. The maximum atomic E-state index is 14.0. The number of aromatic nitrogens is 1. The van der Waals surface area contributed by atoms with Crippen LogP contribution in [-0.4, -0.2) is 16.1 Å². The van der Waals surface area contributed by atoms with Gasteiger partial charge in [0.1, 0.15) is 5.41 Å². The Morgan fingerprint density at radius 3 is 2.88 bits per heavy atom. The normalized spacial score (nSPS) is 16.6. The number of alkyl halides is 1. The number of Topliss-reactive ketones (excluding diaryl/α,β-unsaturated/α-hetero) is 1. The molecule has 1 aliphatic rings. The zero-order chi connectivity index (χ0) is 11.8. The molecule has 3 nitrogen and oxygen atoms in total. The van der Waals surface area contributed by atoms with Crippen LogP contribution in [0.5, 0.6) is 0 Å². The highest BCUT2D eigenvalue weighted by molar-refractivity contribution is 9.09. The number of nitrogens with zero attached hydrogens (tertiary/aromatic N) is 2. The number of ketones is 1. The van der Waals surface area contributed by atoms with Crippen LogP contribution in [0.4, 0.5) is 4.39 Å². The monoisotopic (exact) mass is 282 g/mol. The molecule has 1 fully saturated rings. The topological polar surface area (TPSA) is 53.8 Å². The molecule has 2 rings (SSSR count). The third-order valence-corrected chi connectivity index (χ3v) is 3.24. The van der Waals surface area contributed by atoms with Gasteiger partial charge in [0.05, 0.1) is 22.7 Å². The van der Waals surface area contributed by atoms with Gasteiger partial charge in [-0.25, -0.2) is 4.39 Å². The van der Waals surface area contributed by atoms with Crippen LogP contribution < -0.4 is 0 Å². The zero-order valence-corrected chi connectivity index (χ0v) is 9.92. The maximum absolute atomic E-state index is 14.0. The van der Waals surface area contributed by atoms with Crippen LogP contribution in [0, 0.1) is 17.1 Å². The first-order valence-electron chi connectivity index (χ1n) is 4.80. The molecule has 1 aliphatic carbocycles. The van der Waals surface area contributed by atoms with Crippen molar-refractivity contribution in [2.75, 3.05) is 5.33 Å². The number of carbonyl (C=O) groups is 1. The van der Waals surface area contributed by atoms with Crippen molar-refractivity contribution in [1.82, 2.24) is 4.98 Å². The first-order valence-corrected chi connectivity index (χ1v) is 5.92.